The van der Waals surface area contributed by atoms with Crippen LogP contribution in [0.15, 0.2) is 99.9 Å². The molecule has 4 aromatic rings. The van der Waals surface area contributed by atoms with E-state index >= 15 is 0 Å². The van der Waals surface area contributed by atoms with E-state index in [4.69, 9.17) is 9.47 Å². The highest BCUT2D eigenvalue weighted by Gasteiger charge is 2.32. The van der Waals surface area contributed by atoms with E-state index in [1.54, 1.807) is 73.2 Å². The zero-order valence-corrected chi connectivity index (χ0v) is 22.3. The van der Waals surface area contributed by atoms with Gasteiger partial charge in [0.25, 0.3) is 11.5 Å². The maximum atomic E-state index is 13.8. The van der Waals surface area contributed by atoms with Crippen LogP contribution >= 0.6 is 11.3 Å². The van der Waals surface area contributed by atoms with Gasteiger partial charge >= 0.3 is 5.97 Å². The standard InChI is InChI=1S/C30H25N3O5S/c1-18-25(27(34)32-22-7-5-4-6-8-22)26(20-13-15-23(37-2)16-14-20)33-28(35)24(39-30(33)31-18)17-19-9-11-21(12-10-19)29(36)38-3/h4-17,26H,1-3H3,(H,32,34)/b24-17+/t26-/m0/s1. The second kappa shape index (κ2) is 10.9. The second-order valence-electron chi connectivity index (χ2n) is 8.79. The molecular weight excluding hydrogens is 514 g/mol. The number of para-hydroxylation sites is 1. The Morgan fingerprint density at radius 2 is 1.67 bits per heavy atom. The fraction of sp³-hybridized carbons (Fsp3) is 0.133. The van der Waals surface area contributed by atoms with E-state index in [9.17, 15) is 14.4 Å². The average molecular weight is 540 g/mol. The van der Waals surface area contributed by atoms with Crippen molar-refractivity contribution in [2.75, 3.05) is 19.5 Å². The van der Waals surface area contributed by atoms with Crippen LogP contribution < -0.4 is 24.9 Å². The molecule has 1 aliphatic heterocycles. The zero-order chi connectivity index (χ0) is 27.5. The summed E-state index contributed by atoms with van der Waals surface area (Å²) in [6, 6.07) is 22.5. The molecule has 2 heterocycles. The number of hydrogen-bond donors (Lipinski definition) is 1. The lowest BCUT2D eigenvalue weighted by molar-refractivity contribution is -0.113. The molecule has 0 saturated carbocycles. The SMILES string of the molecule is COC(=O)c1ccc(/C=c2/sc3n(c2=O)[C@@H](c2ccc(OC)cc2)C(C(=O)Nc2ccccc2)=C(C)N=3)cc1. The smallest absolute Gasteiger partial charge is 0.337 e. The summed E-state index contributed by atoms with van der Waals surface area (Å²) in [6.45, 7) is 1.78. The van der Waals surface area contributed by atoms with Gasteiger partial charge in [-0.1, -0.05) is 53.8 Å². The van der Waals surface area contributed by atoms with Gasteiger partial charge in [0.05, 0.1) is 41.6 Å². The number of esters is 1. The molecule has 0 aliphatic carbocycles. The number of benzene rings is 3. The van der Waals surface area contributed by atoms with Gasteiger partial charge in [0.2, 0.25) is 0 Å². The molecule has 1 aliphatic rings. The van der Waals surface area contributed by atoms with E-state index in [1.807, 2.05) is 30.3 Å². The van der Waals surface area contributed by atoms with Crippen molar-refractivity contribution >= 4 is 35.0 Å². The van der Waals surface area contributed by atoms with Gasteiger partial charge in [0.15, 0.2) is 4.80 Å². The van der Waals surface area contributed by atoms with Crippen molar-refractivity contribution in [3.63, 3.8) is 0 Å². The van der Waals surface area contributed by atoms with Crippen molar-refractivity contribution in [3.05, 3.63) is 127 Å². The first-order valence-electron chi connectivity index (χ1n) is 12.1. The summed E-state index contributed by atoms with van der Waals surface area (Å²) >= 11 is 1.25. The Bertz CT molecular complexity index is 1750. The number of nitrogens with one attached hydrogen (secondary N) is 1. The summed E-state index contributed by atoms with van der Waals surface area (Å²) < 4.78 is 12.1. The quantitative estimate of drug-likeness (QED) is 0.377. The lowest BCUT2D eigenvalue weighted by Gasteiger charge is -2.25. The summed E-state index contributed by atoms with van der Waals surface area (Å²) in [4.78, 5) is 44.3. The zero-order valence-electron chi connectivity index (χ0n) is 21.5. The van der Waals surface area contributed by atoms with Gasteiger partial charge in [-0.05, 0) is 60.5 Å². The van der Waals surface area contributed by atoms with Gasteiger partial charge in [0, 0.05) is 5.69 Å². The molecule has 5 rings (SSSR count). The molecule has 1 N–H and O–H groups in total. The molecule has 0 fully saturated rings. The highest BCUT2D eigenvalue weighted by atomic mass is 32.1. The van der Waals surface area contributed by atoms with E-state index in [-0.39, 0.29) is 11.5 Å². The first-order chi connectivity index (χ1) is 18.9. The summed E-state index contributed by atoms with van der Waals surface area (Å²) in [7, 11) is 2.91. The normalized spacial score (nSPS) is 14.8. The molecule has 39 heavy (non-hydrogen) atoms. The number of rotatable bonds is 6. The van der Waals surface area contributed by atoms with Crippen LogP contribution in [0.1, 0.15) is 34.5 Å². The fourth-order valence-corrected chi connectivity index (χ4v) is 5.46. The van der Waals surface area contributed by atoms with E-state index in [1.165, 1.54) is 18.4 Å². The number of carbonyl (C=O) groups is 2. The molecule has 1 aromatic heterocycles. The van der Waals surface area contributed by atoms with Crippen LogP contribution in [0.25, 0.3) is 6.08 Å². The van der Waals surface area contributed by atoms with E-state index in [0.29, 0.717) is 37.6 Å². The van der Waals surface area contributed by atoms with Crippen LogP contribution in [-0.4, -0.2) is 30.7 Å². The molecule has 0 radical (unpaired) electrons. The van der Waals surface area contributed by atoms with Gasteiger partial charge in [-0.15, -0.1) is 0 Å². The van der Waals surface area contributed by atoms with Crippen molar-refractivity contribution in [2.45, 2.75) is 13.0 Å². The molecule has 0 spiro atoms. The van der Waals surface area contributed by atoms with Crippen LogP contribution in [0, 0.1) is 0 Å². The Kier molecular flexibility index (Phi) is 7.25. The predicted octanol–water partition coefficient (Wildman–Crippen LogP) is 3.67. The third-order valence-corrected chi connectivity index (χ3v) is 7.34. The minimum atomic E-state index is -0.695. The van der Waals surface area contributed by atoms with Crippen LogP contribution in [0.5, 0.6) is 5.75 Å². The highest BCUT2D eigenvalue weighted by Crippen LogP contribution is 2.31. The Morgan fingerprint density at radius 3 is 2.31 bits per heavy atom. The monoisotopic (exact) mass is 539 g/mol. The lowest BCUT2D eigenvalue weighted by Crippen LogP contribution is -2.40. The molecule has 9 heteroatoms. The molecule has 0 bridgehead atoms. The van der Waals surface area contributed by atoms with Crippen molar-refractivity contribution in [2.24, 2.45) is 4.99 Å². The number of methoxy groups -OCH3 is 2. The van der Waals surface area contributed by atoms with Gasteiger partial charge < -0.3 is 14.8 Å². The van der Waals surface area contributed by atoms with Crippen molar-refractivity contribution in [3.8, 4) is 5.75 Å². The molecule has 1 amide bonds. The van der Waals surface area contributed by atoms with Gasteiger partial charge in [-0.3, -0.25) is 14.2 Å². The minimum absolute atomic E-state index is 0.269. The van der Waals surface area contributed by atoms with Crippen molar-refractivity contribution in [1.82, 2.24) is 4.57 Å². The Labute approximate surface area is 228 Å². The Balaban J connectivity index is 1.62. The number of thiazole rings is 1. The summed E-state index contributed by atoms with van der Waals surface area (Å²) in [5, 5.41) is 2.94. The number of hydrogen-bond acceptors (Lipinski definition) is 7. The van der Waals surface area contributed by atoms with Crippen LogP contribution in [0.2, 0.25) is 0 Å². The van der Waals surface area contributed by atoms with Gasteiger partial charge in [0.1, 0.15) is 5.75 Å². The second-order valence-corrected chi connectivity index (χ2v) is 9.80. The third kappa shape index (κ3) is 5.17. The van der Waals surface area contributed by atoms with Gasteiger partial charge in [-0.25, -0.2) is 9.79 Å². The van der Waals surface area contributed by atoms with E-state index in [0.717, 1.165) is 11.1 Å². The maximum Gasteiger partial charge on any atom is 0.337 e. The Hall–Kier alpha value is -4.76. The number of nitrogens with zero attached hydrogens (tertiary/aromatic N) is 2. The van der Waals surface area contributed by atoms with Crippen LogP contribution in [-0.2, 0) is 9.53 Å². The average Bonchev–Trinajstić information content (AvgIpc) is 3.26. The summed E-state index contributed by atoms with van der Waals surface area (Å²) in [5.74, 6) is -0.106. The number of ether oxygens (including phenoxy) is 2. The molecule has 0 saturated heterocycles. The largest absolute Gasteiger partial charge is 0.497 e. The predicted molar refractivity (Wildman–Crippen MR) is 150 cm³/mol. The number of carbonyl (C=O) groups excluding carboxylic acids is 2. The van der Waals surface area contributed by atoms with Crippen LogP contribution in [0.3, 0.4) is 0 Å². The molecular formula is C30H25N3O5S. The molecule has 8 nitrogen and oxygen atoms in total. The topological polar surface area (TPSA) is 99.0 Å². The van der Waals surface area contributed by atoms with Crippen molar-refractivity contribution in [1.29, 1.82) is 0 Å². The molecule has 1 atom stereocenters. The van der Waals surface area contributed by atoms with E-state index in [2.05, 4.69) is 10.3 Å². The number of amides is 1. The number of allylic oxidation sites excluding steroid dienone is 1. The lowest BCUT2D eigenvalue weighted by atomic mass is 9.95. The van der Waals surface area contributed by atoms with E-state index < -0.39 is 12.0 Å². The minimum Gasteiger partial charge on any atom is -0.497 e. The fourth-order valence-electron chi connectivity index (χ4n) is 4.42. The maximum absolute atomic E-state index is 13.8. The molecule has 3 aromatic carbocycles. The first-order valence-corrected chi connectivity index (χ1v) is 12.9. The third-order valence-electron chi connectivity index (χ3n) is 6.36. The summed E-state index contributed by atoms with van der Waals surface area (Å²) in [5.41, 5.74) is 3.19. The summed E-state index contributed by atoms with van der Waals surface area (Å²) in [6.07, 6.45) is 1.75. The van der Waals surface area contributed by atoms with Crippen molar-refractivity contribution < 1.29 is 19.1 Å². The molecule has 0 unspecified atom stereocenters. The number of aromatic nitrogens is 1. The first kappa shape index (κ1) is 25.9. The molecule has 196 valence electrons. The Morgan fingerprint density at radius 1 is 0.974 bits per heavy atom. The number of fused-ring (bicyclic) bond motifs is 1. The highest BCUT2D eigenvalue weighted by molar-refractivity contribution is 7.07. The van der Waals surface area contributed by atoms with Gasteiger partial charge in [-0.2, -0.15) is 0 Å². The number of anilines is 1. The van der Waals surface area contributed by atoms with Crippen LogP contribution in [0.4, 0.5) is 5.69 Å².